The fraction of sp³-hybridized carbons (Fsp3) is 0.440. The summed E-state index contributed by atoms with van der Waals surface area (Å²) in [5.74, 6) is 1.57. The Morgan fingerprint density at radius 3 is 1.38 bits per heavy atom. The first kappa shape index (κ1) is 18.4. The van der Waals surface area contributed by atoms with Gasteiger partial charge in [-0.15, -0.1) is 0 Å². The van der Waals surface area contributed by atoms with Gasteiger partial charge in [-0.05, 0) is 22.0 Å². The van der Waals surface area contributed by atoms with Gasteiger partial charge >= 0.3 is 0 Å². The molecule has 2 aromatic carbocycles. The highest BCUT2D eigenvalue weighted by molar-refractivity contribution is 6.12. The van der Waals surface area contributed by atoms with Crippen molar-refractivity contribution in [2.24, 2.45) is 26.2 Å². The van der Waals surface area contributed by atoms with Crippen molar-refractivity contribution in [3.8, 4) is 0 Å². The zero-order valence-corrected chi connectivity index (χ0v) is 17.6. The Balaban J connectivity index is 1.54. The number of hydrogen-bond acceptors (Lipinski definition) is 4. The Morgan fingerprint density at radius 2 is 1.03 bits per heavy atom. The molecule has 1 aliphatic carbocycles. The summed E-state index contributed by atoms with van der Waals surface area (Å²) in [5.41, 5.74) is 1.83. The Kier molecular flexibility index (Phi) is 3.93. The monoisotopic (exact) mass is 388 g/mol. The van der Waals surface area contributed by atoms with E-state index in [0.29, 0.717) is 13.2 Å². The van der Waals surface area contributed by atoms with E-state index in [1.54, 1.807) is 0 Å². The Morgan fingerprint density at radius 1 is 0.655 bits per heavy atom. The first-order chi connectivity index (χ1) is 13.9. The van der Waals surface area contributed by atoms with Crippen LogP contribution in [0, 0.1) is 16.2 Å². The molecular formula is C25H28N2O2. The average Bonchev–Trinajstić information content (AvgIpc) is 3.27. The SMILES string of the molecule is CC1(C)C(C)(C)C1(C1=N[C@H](c2ccccc2)CO1)C1=N[C@H](c2ccccc2)CO1. The maximum absolute atomic E-state index is 6.26. The van der Waals surface area contributed by atoms with Crippen molar-refractivity contribution >= 4 is 11.8 Å². The summed E-state index contributed by atoms with van der Waals surface area (Å²) in [6, 6.07) is 20.8. The molecule has 1 fully saturated rings. The highest BCUT2D eigenvalue weighted by Gasteiger charge is 2.85. The van der Waals surface area contributed by atoms with E-state index in [-0.39, 0.29) is 22.9 Å². The third kappa shape index (κ3) is 2.38. The van der Waals surface area contributed by atoms with Crippen LogP contribution in [-0.4, -0.2) is 25.0 Å². The lowest BCUT2D eigenvalue weighted by molar-refractivity contribution is 0.266. The zero-order valence-electron chi connectivity index (χ0n) is 17.6. The minimum absolute atomic E-state index is 0.0298. The molecule has 0 radical (unpaired) electrons. The van der Waals surface area contributed by atoms with Crippen LogP contribution in [0.15, 0.2) is 70.6 Å². The smallest absolute Gasteiger partial charge is 0.201 e. The van der Waals surface area contributed by atoms with E-state index >= 15 is 0 Å². The summed E-state index contributed by atoms with van der Waals surface area (Å²) in [6.45, 7) is 10.2. The van der Waals surface area contributed by atoms with Gasteiger partial charge in [0.15, 0.2) is 0 Å². The predicted molar refractivity (Wildman–Crippen MR) is 115 cm³/mol. The van der Waals surface area contributed by atoms with Crippen molar-refractivity contribution in [2.75, 3.05) is 13.2 Å². The molecule has 29 heavy (non-hydrogen) atoms. The minimum Gasteiger partial charge on any atom is -0.478 e. The highest BCUT2D eigenvalue weighted by atomic mass is 16.5. The van der Waals surface area contributed by atoms with Crippen LogP contribution in [0.5, 0.6) is 0 Å². The number of hydrogen-bond donors (Lipinski definition) is 0. The van der Waals surface area contributed by atoms with Crippen molar-refractivity contribution in [3.63, 3.8) is 0 Å². The summed E-state index contributed by atoms with van der Waals surface area (Å²) in [7, 11) is 0. The zero-order chi connectivity index (χ0) is 20.3. The lowest BCUT2D eigenvalue weighted by Crippen LogP contribution is -2.33. The normalized spacial score (nSPS) is 28.1. The molecule has 0 unspecified atom stereocenters. The van der Waals surface area contributed by atoms with Gasteiger partial charge in [-0.25, -0.2) is 9.98 Å². The molecule has 0 bridgehead atoms. The standard InChI is InChI=1S/C25H28N2O2/c1-23(2)24(3,4)25(23,21-26-19(15-28-21)17-11-7-5-8-12-17)22-27-20(16-29-22)18-13-9-6-10-14-18/h5-14,19-20H,15-16H2,1-4H3/t19-,20-/m0/s1. The van der Waals surface area contributed by atoms with Gasteiger partial charge in [-0.2, -0.15) is 0 Å². The van der Waals surface area contributed by atoms with Gasteiger partial charge in [0.25, 0.3) is 0 Å². The van der Waals surface area contributed by atoms with Gasteiger partial charge in [0.1, 0.15) is 30.7 Å². The minimum atomic E-state index is -0.424. The van der Waals surface area contributed by atoms with E-state index in [0.717, 1.165) is 11.8 Å². The van der Waals surface area contributed by atoms with Crippen LogP contribution in [0.3, 0.4) is 0 Å². The van der Waals surface area contributed by atoms with Crippen LogP contribution >= 0.6 is 0 Å². The number of nitrogens with zero attached hydrogens (tertiary/aromatic N) is 2. The lowest BCUT2D eigenvalue weighted by Gasteiger charge is -2.20. The molecule has 2 aromatic rings. The van der Waals surface area contributed by atoms with Gasteiger partial charge in [0.05, 0.1) is 0 Å². The third-order valence-corrected chi connectivity index (χ3v) is 7.69. The number of ether oxygens (including phenoxy) is 2. The van der Waals surface area contributed by atoms with E-state index in [2.05, 4.69) is 76.2 Å². The van der Waals surface area contributed by atoms with E-state index in [1.165, 1.54) is 11.1 Å². The number of benzene rings is 2. The van der Waals surface area contributed by atoms with E-state index in [9.17, 15) is 0 Å². The summed E-state index contributed by atoms with van der Waals surface area (Å²) < 4.78 is 12.5. The van der Waals surface area contributed by atoms with Gasteiger partial charge in [0, 0.05) is 0 Å². The lowest BCUT2D eigenvalue weighted by atomic mass is 9.93. The fourth-order valence-electron chi connectivity index (χ4n) is 5.32. The van der Waals surface area contributed by atoms with Crippen LogP contribution in [0.2, 0.25) is 0 Å². The molecule has 1 saturated carbocycles. The van der Waals surface area contributed by atoms with Crippen LogP contribution in [0.4, 0.5) is 0 Å². The van der Waals surface area contributed by atoms with E-state index < -0.39 is 5.41 Å². The summed E-state index contributed by atoms with van der Waals surface area (Å²) in [4.78, 5) is 10.1. The molecule has 4 nitrogen and oxygen atoms in total. The average molecular weight is 389 g/mol. The quantitative estimate of drug-likeness (QED) is 0.706. The highest BCUT2D eigenvalue weighted by Crippen LogP contribution is 2.79. The Labute approximate surface area is 172 Å². The van der Waals surface area contributed by atoms with Crippen molar-refractivity contribution in [1.82, 2.24) is 0 Å². The van der Waals surface area contributed by atoms with Crippen LogP contribution in [0.25, 0.3) is 0 Å². The van der Waals surface area contributed by atoms with Crippen molar-refractivity contribution < 1.29 is 9.47 Å². The molecule has 150 valence electrons. The number of aliphatic imine (C=N–C) groups is 2. The van der Waals surface area contributed by atoms with Gasteiger partial charge in [-0.3, -0.25) is 0 Å². The molecule has 2 atom stereocenters. The van der Waals surface area contributed by atoms with Crippen LogP contribution < -0.4 is 0 Å². The van der Waals surface area contributed by atoms with E-state index in [1.807, 2.05) is 12.1 Å². The predicted octanol–water partition coefficient (Wildman–Crippen LogP) is 5.38. The van der Waals surface area contributed by atoms with Crippen LogP contribution in [-0.2, 0) is 9.47 Å². The second-order valence-electron chi connectivity index (χ2n) is 9.34. The third-order valence-electron chi connectivity index (χ3n) is 7.69. The van der Waals surface area contributed by atoms with E-state index in [4.69, 9.17) is 19.5 Å². The summed E-state index contributed by atoms with van der Waals surface area (Å²) in [5, 5.41) is 0. The maximum atomic E-state index is 6.26. The second-order valence-corrected chi connectivity index (χ2v) is 9.34. The van der Waals surface area contributed by atoms with Crippen molar-refractivity contribution in [1.29, 1.82) is 0 Å². The molecule has 4 heteroatoms. The molecule has 0 aromatic heterocycles. The van der Waals surface area contributed by atoms with Crippen molar-refractivity contribution in [2.45, 2.75) is 39.8 Å². The molecule has 2 heterocycles. The first-order valence-electron chi connectivity index (χ1n) is 10.4. The molecule has 2 aliphatic heterocycles. The van der Waals surface area contributed by atoms with Gasteiger partial charge in [-0.1, -0.05) is 88.4 Å². The molecule has 3 aliphatic rings. The maximum Gasteiger partial charge on any atom is 0.201 e. The van der Waals surface area contributed by atoms with Crippen LogP contribution in [0.1, 0.15) is 50.9 Å². The van der Waals surface area contributed by atoms with Gasteiger partial charge in [0.2, 0.25) is 11.8 Å². The topological polar surface area (TPSA) is 43.2 Å². The molecule has 0 amide bonds. The fourth-order valence-corrected chi connectivity index (χ4v) is 5.32. The second kappa shape index (κ2) is 6.19. The largest absolute Gasteiger partial charge is 0.478 e. The molecule has 5 rings (SSSR count). The molecule has 0 N–H and O–H groups in total. The molecular weight excluding hydrogens is 360 g/mol. The molecule has 0 spiro atoms. The van der Waals surface area contributed by atoms with Crippen molar-refractivity contribution in [3.05, 3.63) is 71.8 Å². The number of rotatable bonds is 4. The molecule has 0 saturated heterocycles. The summed E-state index contributed by atoms with van der Waals surface area (Å²) in [6.07, 6.45) is 0. The summed E-state index contributed by atoms with van der Waals surface area (Å²) >= 11 is 0. The Bertz CT molecular complexity index is 895. The first-order valence-corrected chi connectivity index (χ1v) is 10.4. The Hall–Kier alpha value is -2.62. The van der Waals surface area contributed by atoms with Gasteiger partial charge < -0.3 is 9.47 Å².